The standard InChI is InChI=1S/C9H13NS/c1-7(11)9-4-2-8(6-10)3-5-9/h2-5,7,11H,6,10H2,1H3. The van der Waals surface area contributed by atoms with Crippen LogP contribution in [0.5, 0.6) is 0 Å². The molecule has 2 heteroatoms. The Hall–Kier alpha value is -0.470. The van der Waals surface area contributed by atoms with Crippen molar-refractivity contribution < 1.29 is 0 Å². The molecule has 0 saturated heterocycles. The maximum atomic E-state index is 5.46. The Kier molecular flexibility index (Phi) is 2.97. The number of hydrogen-bond acceptors (Lipinski definition) is 2. The Morgan fingerprint density at radius 1 is 1.36 bits per heavy atom. The molecule has 0 amide bonds. The third-order valence-electron chi connectivity index (χ3n) is 1.70. The van der Waals surface area contributed by atoms with Crippen molar-refractivity contribution >= 4 is 12.6 Å². The molecule has 2 N–H and O–H groups in total. The molecule has 0 aliphatic carbocycles. The van der Waals surface area contributed by atoms with E-state index in [-0.39, 0.29) is 0 Å². The minimum atomic E-state index is 0.307. The van der Waals surface area contributed by atoms with E-state index in [9.17, 15) is 0 Å². The number of nitrogens with two attached hydrogens (primary N) is 1. The number of rotatable bonds is 2. The van der Waals surface area contributed by atoms with Crippen LogP contribution in [0.15, 0.2) is 24.3 Å². The second kappa shape index (κ2) is 3.79. The van der Waals surface area contributed by atoms with E-state index in [1.165, 1.54) is 11.1 Å². The van der Waals surface area contributed by atoms with Crippen LogP contribution in [0.4, 0.5) is 0 Å². The van der Waals surface area contributed by atoms with Crippen LogP contribution in [0.3, 0.4) is 0 Å². The molecule has 1 unspecified atom stereocenters. The third-order valence-corrected chi connectivity index (χ3v) is 2.00. The molecule has 1 aromatic carbocycles. The van der Waals surface area contributed by atoms with Gasteiger partial charge in [-0.3, -0.25) is 0 Å². The van der Waals surface area contributed by atoms with Crippen LogP contribution < -0.4 is 5.73 Å². The fourth-order valence-corrected chi connectivity index (χ4v) is 1.10. The van der Waals surface area contributed by atoms with Crippen LogP contribution in [-0.2, 0) is 6.54 Å². The highest BCUT2D eigenvalue weighted by atomic mass is 32.1. The lowest BCUT2D eigenvalue weighted by Gasteiger charge is -2.04. The van der Waals surface area contributed by atoms with E-state index in [0.29, 0.717) is 11.8 Å². The molecule has 1 aromatic rings. The summed E-state index contributed by atoms with van der Waals surface area (Å²) < 4.78 is 0. The van der Waals surface area contributed by atoms with Crippen molar-refractivity contribution in [2.45, 2.75) is 18.7 Å². The van der Waals surface area contributed by atoms with Gasteiger partial charge in [-0.15, -0.1) is 0 Å². The van der Waals surface area contributed by atoms with Crippen LogP contribution in [-0.4, -0.2) is 0 Å². The maximum Gasteiger partial charge on any atom is 0.0238 e. The summed E-state index contributed by atoms with van der Waals surface area (Å²) in [5, 5.41) is 0.307. The quantitative estimate of drug-likeness (QED) is 0.648. The van der Waals surface area contributed by atoms with Gasteiger partial charge in [0, 0.05) is 11.8 Å². The van der Waals surface area contributed by atoms with Crippen LogP contribution in [0.25, 0.3) is 0 Å². The summed E-state index contributed by atoms with van der Waals surface area (Å²) in [7, 11) is 0. The van der Waals surface area contributed by atoms with Crippen molar-refractivity contribution in [2.75, 3.05) is 0 Å². The van der Waals surface area contributed by atoms with Crippen molar-refractivity contribution in [1.29, 1.82) is 0 Å². The smallest absolute Gasteiger partial charge is 0.0238 e. The largest absolute Gasteiger partial charge is 0.326 e. The average Bonchev–Trinajstić information content (AvgIpc) is 2.05. The van der Waals surface area contributed by atoms with E-state index < -0.39 is 0 Å². The van der Waals surface area contributed by atoms with Gasteiger partial charge in [0.1, 0.15) is 0 Å². The summed E-state index contributed by atoms with van der Waals surface area (Å²) in [5.74, 6) is 0. The second-order valence-electron chi connectivity index (χ2n) is 2.62. The van der Waals surface area contributed by atoms with Gasteiger partial charge in [0.15, 0.2) is 0 Å². The van der Waals surface area contributed by atoms with E-state index in [4.69, 9.17) is 5.73 Å². The molecule has 1 nitrogen and oxygen atoms in total. The van der Waals surface area contributed by atoms with E-state index in [1.54, 1.807) is 0 Å². The number of hydrogen-bond donors (Lipinski definition) is 2. The number of benzene rings is 1. The fraction of sp³-hybridized carbons (Fsp3) is 0.333. The SMILES string of the molecule is CC(S)c1ccc(CN)cc1. The van der Waals surface area contributed by atoms with E-state index >= 15 is 0 Å². The Labute approximate surface area is 73.0 Å². The summed E-state index contributed by atoms with van der Waals surface area (Å²) in [6.07, 6.45) is 0. The first-order valence-electron chi connectivity index (χ1n) is 3.71. The van der Waals surface area contributed by atoms with Crippen LogP contribution >= 0.6 is 12.6 Å². The van der Waals surface area contributed by atoms with Gasteiger partial charge < -0.3 is 5.73 Å². The Bertz CT molecular complexity index is 216. The first kappa shape index (κ1) is 8.62. The molecule has 0 aromatic heterocycles. The average molecular weight is 167 g/mol. The summed E-state index contributed by atoms with van der Waals surface area (Å²) in [6.45, 7) is 2.67. The third kappa shape index (κ3) is 2.24. The summed E-state index contributed by atoms with van der Waals surface area (Å²) in [4.78, 5) is 0. The van der Waals surface area contributed by atoms with E-state index in [0.717, 1.165) is 0 Å². The van der Waals surface area contributed by atoms with E-state index in [2.05, 4.69) is 31.7 Å². The van der Waals surface area contributed by atoms with Crippen molar-refractivity contribution in [3.8, 4) is 0 Å². The van der Waals surface area contributed by atoms with Crippen molar-refractivity contribution in [1.82, 2.24) is 0 Å². The zero-order chi connectivity index (χ0) is 8.27. The van der Waals surface area contributed by atoms with Gasteiger partial charge in [-0.25, -0.2) is 0 Å². The van der Waals surface area contributed by atoms with Gasteiger partial charge in [-0.1, -0.05) is 24.3 Å². The summed E-state index contributed by atoms with van der Waals surface area (Å²) in [6, 6.07) is 8.23. The minimum absolute atomic E-state index is 0.307. The predicted molar refractivity (Wildman–Crippen MR) is 51.7 cm³/mol. The van der Waals surface area contributed by atoms with Gasteiger partial charge in [0.2, 0.25) is 0 Å². The molecule has 0 spiro atoms. The first-order chi connectivity index (χ1) is 5.24. The van der Waals surface area contributed by atoms with Gasteiger partial charge in [0.25, 0.3) is 0 Å². The molecule has 0 saturated carbocycles. The molecule has 1 rings (SSSR count). The Morgan fingerprint density at radius 3 is 2.27 bits per heavy atom. The first-order valence-corrected chi connectivity index (χ1v) is 4.22. The molecule has 1 atom stereocenters. The van der Waals surface area contributed by atoms with Gasteiger partial charge in [-0.2, -0.15) is 12.6 Å². The van der Waals surface area contributed by atoms with Crippen molar-refractivity contribution in [2.24, 2.45) is 5.73 Å². The highest BCUT2D eigenvalue weighted by Gasteiger charge is 1.97. The highest BCUT2D eigenvalue weighted by Crippen LogP contribution is 2.18. The Morgan fingerprint density at radius 2 is 1.91 bits per heavy atom. The lowest BCUT2D eigenvalue weighted by atomic mass is 10.1. The topological polar surface area (TPSA) is 26.0 Å². The number of thiol groups is 1. The van der Waals surface area contributed by atoms with Gasteiger partial charge in [-0.05, 0) is 18.1 Å². The van der Waals surface area contributed by atoms with E-state index in [1.807, 2.05) is 12.1 Å². The lowest BCUT2D eigenvalue weighted by molar-refractivity contribution is 1.05. The second-order valence-corrected chi connectivity index (χ2v) is 3.40. The highest BCUT2D eigenvalue weighted by molar-refractivity contribution is 7.80. The van der Waals surface area contributed by atoms with Crippen LogP contribution in [0.2, 0.25) is 0 Å². The minimum Gasteiger partial charge on any atom is -0.326 e. The predicted octanol–water partition coefficient (Wildman–Crippen LogP) is 2.14. The molecule has 0 fully saturated rings. The van der Waals surface area contributed by atoms with Crippen LogP contribution in [0, 0.1) is 0 Å². The van der Waals surface area contributed by atoms with Crippen molar-refractivity contribution in [3.63, 3.8) is 0 Å². The van der Waals surface area contributed by atoms with Crippen LogP contribution in [0.1, 0.15) is 23.3 Å². The fourth-order valence-electron chi connectivity index (χ4n) is 0.932. The zero-order valence-corrected chi connectivity index (χ0v) is 7.51. The summed E-state index contributed by atoms with van der Waals surface area (Å²) >= 11 is 4.32. The van der Waals surface area contributed by atoms with Gasteiger partial charge >= 0.3 is 0 Å². The molecule has 0 bridgehead atoms. The molecule has 11 heavy (non-hydrogen) atoms. The molecule has 0 aliphatic heterocycles. The molecule has 0 heterocycles. The normalized spacial score (nSPS) is 13.0. The molecule has 0 radical (unpaired) electrons. The molecular weight excluding hydrogens is 154 g/mol. The maximum absolute atomic E-state index is 5.46. The summed E-state index contributed by atoms with van der Waals surface area (Å²) in [5.41, 5.74) is 7.87. The monoisotopic (exact) mass is 167 g/mol. The zero-order valence-electron chi connectivity index (χ0n) is 6.62. The van der Waals surface area contributed by atoms with Gasteiger partial charge in [0.05, 0.1) is 0 Å². The molecule has 0 aliphatic rings. The molecule has 60 valence electrons. The van der Waals surface area contributed by atoms with Crippen molar-refractivity contribution in [3.05, 3.63) is 35.4 Å². The molecular formula is C9H13NS. The lowest BCUT2D eigenvalue weighted by Crippen LogP contribution is -1.95. The Balaban J connectivity index is 2.83.